The Morgan fingerprint density at radius 2 is 1.68 bits per heavy atom. The van der Waals surface area contributed by atoms with Crippen molar-refractivity contribution in [2.45, 2.75) is 76.9 Å². The number of nitrogens with zero attached hydrogens (tertiary/aromatic N) is 1. The Morgan fingerprint density at radius 1 is 1.09 bits per heavy atom. The van der Waals surface area contributed by atoms with Crippen LogP contribution in [0.4, 0.5) is 0 Å². The summed E-state index contributed by atoms with van der Waals surface area (Å²) in [7, 11) is -0.375. The summed E-state index contributed by atoms with van der Waals surface area (Å²) in [6.45, 7) is 8.31. The maximum atomic E-state index is 6.13. The molecule has 0 spiro atoms. The molecule has 0 bridgehead atoms. The highest BCUT2D eigenvalue weighted by atomic mass is 79.9. The molecular weight excluding hydrogens is 341 g/mol. The fourth-order valence-electron chi connectivity index (χ4n) is 3.29. The van der Waals surface area contributed by atoms with Crippen LogP contribution in [-0.2, 0) is 9.31 Å². The topological polar surface area (TPSA) is 31.4 Å². The van der Waals surface area contributed by atoms with Crippen LogP contribution >= 0.6 is 15.9 Å². The van der Waals surface area contributed by atoms with Crippen LogP contribution in [0.15, 0.2) is 16.7 Å². The normalized spacial score (nSPS) is 24.7. The third-order valence-electron chi connectivity index (χ3n) is 5.45. The Hall–Kier alpha value is -0.385. The number of aromatic nitrogens is 1. The second-order valence-corrected chi connectivity index (χ2v) is 8.41. The quantitative estimate of drug-likeness (QED) is 0.736. The molecule has 1 aromatic heterocycles. The minimum Gasteiger partial charge on any atom is -0.398 e. The van der Waals surface area contributed by atoms with E-state index < -0.39 is 0 Å². The SMILES string of the molecule is CC1(C)OB(c2cc(C3CCCCC3)c(Br)cn2)OC1(C)C. The Balaban J connectivity index is 1.87. The lowest BCUT2D eigenvalue weighted by Crippen LogP contribution is -2.41. The lowest BCUT2D eigenvalue weighted by atomic mass is 9.79. The summed E-state index contributed by atoms with van der Waals surface area (Å²) in [4.78, 5) is 4.55. The summed E-state index contributed by atoms with van der Waals surface area (Å²) in [5.74, 6) is 0.632. The average molecular weight is 366 g/mol. The number of pyridine rings is 1. The highest BCUT2D eigenvalue weighted by molar-refractivity contribution is 9.10. The van der Waals surface area contributed by atoms with Gasteiger partial charge in [-0.05, 0) is 74.0 Å². The van der Waals surface area contributed by atoms with Crippen molar-refractivity contribution < 1.29 is 9.31 Å². The molecular formula is C17H25BBrNO2. The van der Waals surface area contributed by atoms with Crippen molar-refractivity contribution in [3.05, 3.63) is 22.3 Å². The van der Waals surface area contributed by atoms with Crippen LogP contribution < -0.4 is 5.59 Å². The van der Waals surface area contributed by atoms with Gasteiger partial charge >= 0.3 is 7.12 Å². The van der Waals surface area contributed by atoms with Crippen molar-refractivity contribution in [2.24, 2.45) is 0 Å². The van der Waals surface area contributed by atoms with Crippen molar-refractivity contribution in [3.8, 4) is 0 Å². The first-order chi connectivity index (χ1) is 10.3. The number of halogens is 1. The molecule has 22 heavy (non-hydrogen) atoms. The molecule has 3 nitrogen and oxygen atoms in total. The monoisotopic (exact) mass is 365 g/mol. The van der Waals surface area contributed by atoms with Crippen molar-refractivity contribution in [2.75, 3.05) is 0 Å². The Bertz CT molecular complexity index is 540. The van der Waals surface area contributed by atoms with E-state index in [4.69, 9.17) is 9.31 Å². The molecule has 1 saturated carbocycles. The predicted molar refractivity (Wildman–Crippen MR) is 93.5 cm³/mol. The van der Waals surface area contributed by atoms with Gasteiger partial charge in [-0.15, -0.1) is 0 Å². The second kappa shape index (κ2) is 5.92. The second-order valence-electron chi connectivity index (χ2n) is 7.55. The van der Waals surface area contributed by atoms with Crippen LogP contribution in [0.1, 0.15) is 71.3 Å². The van der Waals surface area contributed by atoms with Gasteiger partial charge in [-0.3, -0.25) is 4.98 Å². The van der Waals surface area contributed by atoms with Crippen LogP contribution in [0.3, 0.4) is 0 Å². The molecule has 2 heterocycles. The molecule has 0 aromatic carbocycles. The Kier molecular flexibility index (Phi) is 4.43. The minimum absolute atomic E-state index is 0.322. The molecule has 0 N–H and O–H groups in total. The van der Waals surface area contributed by atoms with E-state index >= 15 is 0 Å². The van der Waals surface area contributed by atoms with Gasteiger partial charge in [0.05, 0.1) is 16.8 Å². The Morgan fingerprint density at radius 3 is 2.27 bits per heavy atom. The highest BCUT2D eigenvalue weighted by Gasteiger charge is 2.52. The van der Waals surface area contributed by atoms with E-state index in [9.17, 15) is 0 Å². The zero-order valence-corrected chi connectivity index (χ0v) is 15.6. The minimum atomic E-state index is -0.375. The van der Waals surface area contributed by atoms with Crippen LogP contribution in [0, 0.1) is 0 Å². The molecule has 0 radical (unpaired) electrons. The van der Waals surface area contributed by atoms with E-state index in [1.54, 1.807) is 0 Å². The summed E-state index contributed by atoms with van der Waals surface area (Å²) in [6.07, 6.45) is 8.46. The van der Waals surface area contributed by atoms with Gasteiger partial charge in [-0.2, -0.15) is 0 Å². The molecule has 0 amide bonds. The van der Waals surface area contributed by atoms with E-state index in [1.807, 2.05) is 6.20 Å². The first-order valence-corrected chi connectivity index (χ1v) is 9.10. The largest absolute Gasteiger partial charge is 0.514 e. The summed E-state index contributed by atoms with van der Waals surface area (Å²) >= 11 is 3.68. The third-order valence-corrected chi connectivity index (χ3v) is 6.11. The Labute approximate surface area is 142 Å². The standard InChI is InChI=1S/C17H25BBrNO2/c1-16(2)17(3,4)22-18(21-16)15-10-13(14(19)11-20-15)12-8-6-5-7-9-12/h10-12H,5-9H2,1-4H3. The van der Waals surface area contributed by atoms with Crippen molar-refractivity contribution in [1.29, 1.82) is 0 Å². The number of hydrogen-bond acceptors (Lipinski definition) is 3. The summed E-state index contributed by atoms with van der Waals surface area (Å²) in [5.41, 5.74) is 1.61. The maximum absolute atomic E-state index is 6.13. The summed E-state index contributed by atoms with van der Waals surface area (Å²) in [6, 6.07) is 2.18. The van der Waals surface area contributed by atoms with Gasteiger partial charge in [0.15, 0.2) is 0 Å². The lowest BCUT2D eigenvalue weighted by molar-refractivity contribution is 0.00578. The van der Waals surface area contributed by atoms with Crippen LogP contribution in [0.25, 0.3) is 0 Å². The van der Waals surface area contributed by atoms with E-state index in [2.05, 4.69) is 54.7 Å². The molecule has 0 atom stereocenters. The zero-order valence-electron chi connectivity index (χ0n) is 14.0. The molecule has 1 aliphatic carbocycles. The van der Waals surface area contributed by atoms with E-state index in [-0.39, 0.29) is 18.3 Å². The summed E-state index contributed by atoms with van der Waals surface area (Å²) < 4.78 is 13.4. The highest BCUT2D eigenvalue weighted by Crippen LogP contribution is 2.38. The van der Waals surface area contributed by atoms with Crippen LogP contribution in [0.2, 0.25) is 0 Å². The van der Waals surface area contributed by atoms with Crippen molar-refractivity contribution in [1.82, 2.24) is 4.98 Å². The van der Waals surface area contributed by atoms with Gasteiger partial charge in [0.2, 0.25) is 0 Å². The average Bonchev–Trinajstić information content (AvgIpc) is 2.69. The van der Waals surface area contributed by atoms with Crippen molar-refractivity contribution >= 4 is 28.6 Å². The van der Waals surface area contributed by atoms with Gasteiger partial charge in [0.1, 0.15) is 0 Å². The molecule has 1 saturated heterocycles. The number of hydrogen-bond donors (Lipinski definition) is 0. The smallest absolute Gasteiger partial charge is 0.398 e. The predicted octanol–water partition coefficient (Wildman–Crippen LogP) is 4.19. The molecule has 1 aromatic rings. The molecule has 5 heteroatoms. The number of rotatable bonds is 2. The van der Waals surface area contributed by atoms with Gasteiger partial charge in [0, 0.05) is 10.7 Å². The fourth-order valence-corrected chi connectivity index (χ4v) is 3.83. The van der Waals surface area contributed by atoms with Gasteiger partial charge < -0.3 is 9.31 Å². The third kappa shape index (κ3) is 3.00. The molecule has 3 rings (SSSR count). The van der Waals surface area contributed by atoms with E-state index in [0.717, 1.165) is 10.1 Å². The van der Waals surface area contributed by atoms with E-state index in [1.165, 1.54) is 37.7 Å². The van der Waals surface area contributed by atoms with E-state index in [0.29, 0.717) is 5.92 Å². The van der Waals surface area contributed by atoms with Crippen LogP contribution in [-0.4, -0.2) is 23.3 Å². The molecule has 1 aliphatic heterocycles. The molecule has 2 aliphatic rings. The van der Waals surface area contributed by atoms with Crippen LogP contribution in [0.5, 0.6) is 0 Å². The fraction of sp³-hybridized carbons (Fsp3) is 0.706. The molecule has 2 fully saturated rings. The molecule has 120 valence electrons. The van der Waals surface area contributed by atoms with Gasteiger partial charge in [-0.1, -0.05) is 19.3 Å². The maximum Gasteiger partial charge on any atom is 0.514 e. The van der Waals surface area contributed by atoms with Gasteiger partial charge in [0.25, 0.3) is 0 Å². The molecule has 0 unspecified atom stereocenters. The first-order valence-electron chi connectivity index (χ1n) is 8.31. The van der Waals surface area contributed by atoms with Crippen molar-refractivity contribution in [3.63, 3.8) is 0 Å². The summed E-state index contributed by atoms with van der Waals surface area (Å²) in [5, 5.41) is 0. The van der Waals surface area contributed by atoms with Gasteiger partial charge in [-0.25, -0.2) is 0 Å². The first kappa shape index (κ1) is 16.5. The lowest BCUT2D eigenvalue weighted by Gasteiger charge is -2.32. The zero-order chi connectivity index (χ0) is 16.0.